The fourth-order valence-electron chi connectivity index (χ4n) is 2.25. The molecule has 5 heteroatoms. The van der Waals surface area contributed by atoms with E-state index in [1.807, 2.05) is 26.0 Å². The van der Waals surface area contributed by atoms with Gasteiger partial charge in [-0.05, 0) is 44.9 Å². The minimum absolute atomic E-state index is 0.128. The van der Waals surface area contributed by atoms with Crippen LogP contribution in [-0.4, -0.2) is 28.5 Å². The Kier molecular flexibility index (Phi) is 5.68. The van der Waals surface area contributed by atoms with Crippen molar-refractivity contribution >= 4 is 17.4 Å². The maximum Gasteiger partial charge on any atom is 0.271 e. The quantitative estimate of drug-likeness (QED) is 0.887. The smallest absolute Gasteiger partial charge is 0.271 e. The van der Waals surface area contributed by atoms with Gasteiger partial charge in [0.1, 0.15) is 5.69 Å². The van der Waals surface area contributed by atoms with Gasteiger partial charge >= 0.3 is 0 Å². The molecule has 1 amide bonds. The molecule has 0 aliphatic heterocycles. The summed E-state index contributed by atoms with van der Waals surface area (Å²) in [4.78, 5) is 22.8. The Morgan fingerprint density at radius 3 is 2.61 bits per heavy atom. The lowest BCUT2D eigenvalue weighted by Gasteiger charge is -2.22. The summed E-state index contributed by atoms with van der Waals surface area (Å²) >= 11 is 0. The van der Waals surface area contributed by atoms with Gasteiger partial charge in [-0.25, -0.2) is 9.97 Å². The highest BCUT2D eigenvalue weighted by Gasteiger charge is 2.13. The van der Waals surface area contributed by atoms with Crippen LogP contribution in [0.1, 0.15) is 43.2 Å². The van der Waals surface area contributed by atoms with Gasteiger partial charge in [-0.2, -0.15) is 0 Å². The molecule has 23 heavy (non-hydrogen) atoms. The molecule has 0 spiro atoms. The van der Waals surface area contributed by atoms with E-state index >= 15 is 0 Å². The second-order valence-corrected chi connectivity index (χ2v) is 5.63. The number of hydrogen-bond donors (Lipinski definition) is 1. The predicted octanol–water partition coefficient (Wildman–Crippen LogP) is 3.47. The van der Waals surface area contributed by atoms with Crippen molar-refractivity contribution in [3.8, 4) is 0 Å². The van der Waals surface area contributed by atoms with Crippen molar-refractivity contribution in [3.05, 3.63) is 47.9 Å². The van der Waals surface area contributed by atoms with E-state index in [1.54, 1.807) is 6.20 Å². The Bertz CT molecular complexity index is 654. The van der Waals surface area contributed by atoms with Gasteiger partial charge in [0.05, 0.1) is 12.4 Å². The van der Waals surface area contributed by atoms with E-state index in [-0.39, 0.29) is 11.9 Å². The Morgan fingerprint density at radius 2 is 2.04 bits per heavy atom. The van der Waals surface area contributed by atoms with Crippen LogP contribution in [0.25, 0.3) is 0 Å². The SMILES string of the molecule is CCC(C)NC(=O)c1cnc(N(CC)c2cccc(C)c2)cn1. The lowest BCUT2D eigenvalue weighted by atomic mass is 10.2. The van der Waals surface area contributed by atoms with Crippen molar-refractivity contribution in [2.75, 3.05) is 11.4 Å². The molecular formula is C18H24N4O. The summed E-state index contributed by atoms with van der Waals surface area (Å²) in [7, 11) is 0. The van der Waals surface area contributed by atoms with Gasteiger partial charge in [-0.15, -0.1) is 0 Å². The molecule has 1 atom stereocenters. The van der Waals surface area contributed by atoms with Gasteiger partial charge in [0, 0.05) is 18.3 Å². The van der Waals surface area contributed by atoms with E-state index in [1.165, 1.54) is 11.8 Å². The number of amides is 1. The molecule has 0 saturated heterocycles. The zero-order chi connectivity index (χ0) is 16.8. The highest BCUT2D eigenvalue weighted by Crippen LogP contribution is 2.23. The molecule has 0 radical (unpaired) electrons. The molecule has 2 rings (SSSR count). The molecule has 0 aliphatic carbocycles. The van der Waals surface area contributed by atoms with Crippen LogP contribution >= 0.6 is 0 Å². The molecule has 0 bridgehead atoms. The van der Waals surface area contributed by atoms with Gasteiger partial charge in [0.25, 0.3) is 5.91 Å². The third-order valence-electron chi connectivity index (χ3n) is 3.77. The largest absolute Gasteiger partial charge is 0.348 e. The molecular weight excluding hydrogens is 288 g/mol. The molecule has 2 aromatic rings. The summed E-state index contributed by atoms with van der Waals surface area (Å²) in [5, 5.41) is 2.89. The highest BCUT2D eigenvalue weighted by molar-refractivity contribution is 5.92. The van der Waals surface area contributed by atoms with Crippen molar-refractivity contribution in [2.45, 2.75) is 40.2 Å². The van der Waals surface area contributed by atoms with E-state index in [9.17, 15) is 4.79 Å². The Balaban J connectivity index is 2.19. The van der Waals surface area contributed by atoms with Crippen LogP contribution in [0.15, 0.2) is 36.7 Å². The highest BCUT2D eigenvalue weighted by atomic mass is 16.1. The fourth-order valence-corrected chi connectivity index (χ4v) is 2.25. The maximum atomic E-state index is 12.1. The van der Waals surface area contributed by atoms with Crippen molar-refractivity contribution in [1.29, 1.82) is 0 Å². The normalized spacial score (nSPS) is 11.8. The van der Waals surface area contributed by atoms with Crippen LogP contribution in [0, 0.1) is 6.92 Å². The first-order chi connectivity index (χ1) is 11.0. The summed E-state index contributed by atoms with van der Waals surface area (Å²) in [6.45, 7) is 8.90. The second kappa shape index (κ2) is 7.72. The van der Waals surface area contributed by atoms with Crippen LogP contribution in [0.5, 0.6) is 0 Å². The molecule has 0 fully saturated rings. The third kappa shape index (κ3) is 4.28. The summed E-state index contributed by atoms with van der Waals surface area (Å²) in [6, 6.07) is 8.36. The average Bonchev–Trinajstić information content (AvgIpc) is 2.56. The third-order valence-corrected chi connectivity index (χ3v) is 3.77. The van der Waals surface area contributed by atoms with Crippen LogP contribution in [0.3, 0.4) is 0 Å². The van der Waals surface area contributed by atoms with Gasteiger partial charge in [-0.3, -0.25) is 4.79 Å². The van der Waals surface area contributed by atoms with Crippen molar-refractivity contribution < 1.29 is 4.79 Å². The van der Waals surface area contributed by atoms with Crippen LogP contribution in [-0.2, 0) is 0 Å². The summed E-state index contributed by atoms with van der Waals surface area (Å²) in [5.41, 5.74) is 2.60. The minimum atomic E-state index is -0.183. The first-order valence-electron chi connectivity index (χ1n) is 8.02. The number of benzene rings is 1. The summed E-state index contributed by atoms with van der Waals surface area (Å²) in [6.07, 6.45) is 4.07. The molecule has 1 aromatic carbocycles. The Morgan fingerprint density at radius 1 is 1.26 bits per heavy atom. The zero-order valence-corrected chi connectivity index (χ0v) is 14.2. The van der Waals surface area contributed by atoms with Crippen LogP contribution < -0.4 is 10.2 Å². The molecule has 1 heterocycles. The van der Waals surface area contributed by atoms with E-state index < -0.39 is 0 Å². The topological polar surface area (TPSA) is 58.1 Å². The standard InChI is InChI=1S/C18H24N4O/c1-5-14(4)21-18(23)16-11-20-17(12-19-16)22(6-2)15-9-7-8-13(3)10-15/h7-12,14H,5-6H2,1-4H3,(H,21,23). The zero-order valence-electron chi connectivity index (χ0n) is 14.2. The molecule has 0 saturated carbocycles. The number of nitrogens with zero attached hydrogens (tertiary/aromatic N) is 3. The van der Waals surface area contributed by atoms with E-state index in [0.717, 1.165) is 24.5 Å². The molecule has 1 N–H and O–H groups in total. The molecule has 122 valence electrons. The van der Waals surface area contributed by atoms with E-state index in [4.69, 9.17) is 0 Å². The minimum Gasteiger partial charge on any atom is -0.348 e. The number of aromatic nitrogens is 2. The van der Waals surface area contributed by atoms with Crippen molar-refractivity contribution in [2.24, 2.45) is 0 Å². The number of hydrogen-bond acceptors (Lipinski definition) is 4. The van der Waals surface area contributed by atoms with Crippen molar-refractivity contribution in [1.82, 2.24) is 15.3 Å². The van der Waals surface area contributed by atoms with Crippen LogP contribution in [0.4, 0.5) is 11.5 Å². The molecule has 5 nitrogen and oxygen atoms in total. The number of nitrogens with one attached hydrogen (secondary N) is 1. The Hall–Kier alpha value is -2.43. The molecule has 1 unspecified atom stereocenters. The van der Waals surface area contributed by atoms with Crippen molar-refractivity contribution in [3.63, 3.8) is 0 Å². The predicted molar refractivity (Wildman–Crippen MR) is 93.1 cm³/mol. The molecule has 1 aromatic heterocycles. The van der Waals surface area contributed by atoms with E-state index in [0.29, 0.717) is 5.69 Å². The lowest BCUT2D eigenvalue weighted by Crippen LogP contribution is -2.32. The Labute approximate surface area is 137 Å². The first kappa shape index (κ1) is 16.9. The van der Waals surface area contributed by atoms with Crippen LogP contribution in [0.2, 0.25) is 0 Å². The number of carbonyl (C=O) groups excluding carboxylic acids is 1. The fraction of sp³-hybridized carbons (Fsp3) is 0.389. The average molecular weight is 312 g/mol. The number of carbonyl (C=O) groups is 1. The maximum absolute atomic E-state index is 12.1. The van der Waals surface area contributed by atoms with Gasteiger partial charge in [0.2, 0.25) is 0 Å². The number of aryl methyl sites for hydroxylation is 1. The van der Waals surface area contributed by atoms with Gasteiger partial charge in [0.15, 0.2) is 5.82 Å². The number of anilines is 2. The monoisotopic (exact) mass is 312 g/mol. The number of rotatable bonds is 6. The molecule has 0 aliphatic rings. The van der Waals surface area contributed by atoms with E-state index in [2.05, 4.69) is 46.2 Å². The first-order valence-corrected chi connectivity index (χ1v) is 8.02. The second-order valence-electron chi connectivity index (χ2n) is 5.63. The summed E-state index contributed by atoms with van der Waals surface area (Å²) in [5.74, 6) is 0.551. The van der Waals surface area contributed by atoms with Gasteiger partial charge < -0.3 is 10.2 Å². The summed E-state index contributed by atoms with van der Waals surface area (Å²) < 4.78 is 0. The van der Waals surface area contributed by atoms with Gasteiger partial charge in [-0.1, -0.05) is 19.1 Å². The lowest BCUT2D eigenvalue weighted by molar-refractivity contribution is 0.0934.